The lowest BCUT2D eigenvalue weighted by molar-refractivity contribution is 0.453. The fourth-order valence-corrected chi connectivity index (χ4v) is 5.37. The molecule has 1 saturated carbocycles. The molecule has 0 spiro atoms. The number of sulfonamides is 1. The number of anilines is 2. The maximum atomic E-state index is 14.5. The van der Waals surface area contributed by atoms with Gasteiger partial charge in [-0.1, -0.05) is 36.8 Å². The predicted octanol–water partition coefficient (Wildman–Crippen LogP) is 4.31. The number of benzene rings is 1. The summed E-state index contributed by atoms with van der Waals surface area (Å²) in [5, 5.41) is 5.54. The Kier molecular flexibility index (Phi) is 6.38. The minimum Gasteiger partial charge on any atom is -0.382 e. The van der Waals surface area contributed by atoms with Crippen LogP contribution in [0.5, 0.6) is 0 Å². The van der Waals surface area contributed by atoms with Crippen molar-refractivity contribution >= 4 is 43.8 Å². The van der Waals surface area contributed by atoms with E-state index in [2.05, 4.69) is 29.5 Å². The molecule has 29 heavy (non-hydrogen) atoms. The third-order valence-corrected chi connectivity index (χ3v) is 7.74. The van der Waals surface area contributed by atoms with Crippen LogP contribution in [0.3, 0.4) is 0 Å². The van der Waals surface area contributed by atoms with Gasteiger partial charge in [0.05, 0.1) is 16.9 Å². The van der Waals surface area contributed by atoms with E-state index in [4.69, 9.17) is 11.6 Å². The molecule has 1 heterocycles. The third-order valence-electron chi connectivity index (χ3n) is 5.24. The first kappa shape index (κ1) is 22.2. The summed E-state index contributed by atoms with van der Waals surface area (Å²) < 4.78 is 54.4. The number of halogens is 3. The average Bonchev–Trinajstić information content (AvgIpc) is 3.02. The molecule has 11 heteroatoms. The molecule has 2 unspecified atom stereocenters. The number of thiazole rings is 1. The molecule has 0 aliphatic heterocycles. The summed E-state index contributed by atoms with van der Waals surface area (Å²) in [5.74, 6) is -0.325. The van der Waals surface area contributed by atoms with Gasteiger partial charge in [0.15, 0.2) is 10.3 Å². The standard InChI is InChI=1S/C18H23ClF2N4O2S2/c1-18(2)7-10(18)4-11(22-3)8-23-14-6-13(20)15(5-12(14)19)29(26,27)25-17-24-9-16(21)28-17/h5-6,9-11,22-23H,4,7-8H2,1-3H3,(H,24,25). The fourth-order valence-electron chi connectivity index (χ4n) is 3.20. The molecule has 2 aromatic rings. The van der Waals surface area contributed by atoms with E-state index in [1.807, 2.05) is 11.8 Å². The lowest BCUT2D eigenvalue weighted by Gasteiger charge is -2.19. The van der Waals surface area contributed by atoms with Crippen LogP contribution in [0.4, 0.5) is 19.6 Å². The van der Waals surface area contributed by atoms with E-state index in [1.54, 1.807) is 0 Å². The second kappa shape index (κ2) is 8.33. The number of nitrogens with zero attached hydrogens (tertiary/aromatic N) is 1. The number of nitrogens with one attached hydrogen (secondary N) is 3. The molecule has 1 aromatic carbocycles. The van der Waals surface area contributed by atoms with Crippen molar-refractivity contribution in [3.63, 3.8) is 0 Å². The summed E-state index contributed by atoms with van der Waals surface area (Å²) in [5.41, 5.74) is 0.668. The van der Waals surface area contributed by atoms with Crippen LogP contribution in [-0.2, 0) is 10.0 Å². The average molecular weight is 465 g/mol. The zero-order valence-corrected chi connectivity index (χ0v) is 18.6. The highest BCUT2D eigenvalue weighted by Crippen LogP contribution is 2.54. The van der Waals surface area contributed by atoms with E-state index >= 15 is 0 Å². The Hall–Kier alpha value is -1.49. The highest BCUT2D eigenvalue weighted by molar-refractivity contribution is 7.93. The van der Waals surface area contributed by atoms with Gasteiger partial charge in [0, 0.05) is 12.6 Å². The summed E-state index contributed by atoms with van der Waals surface area (Å²) in [6.07, 6.45) is 3.04. The molecule has 0 bridgehead atoms. The van der Waals surface area contributed by atoms with Gasteiger partial charge in [0.1, 0.15) is 10.7 Å². The van der Waals surface area contributed by atoms with E-state index in [-0.39, 0.29) is 16.2 Å². The predicted molar refractivity (Wildman–Crippen MR) is 112 cm³/mol. The minimum absolute atomic E-state index is 0.0682. The minimum atomic E-state index is -4.29. The first-order valence-electron chi connectivity index (χ1n) is 9.06. The summed E-state index contributed by atoms with van der Waals surface area (Å²) in [7, 11) is -2.43. The molecule has 6 nitrogen and oxygen atoms in total. The first-order valence-corrected chi connectivity index (χ1v) is 11.7. The molecule has 0 radical (unpaired) electrons. The van der Waals surface area contributed by atoms with Crippen LogP contribution in [0.25, 0.3) is 0 Å². The zero-order chi connectivity index (χ0) is 21.4. The smallest absolute Gasteiger partial charge is 0.266 e. The van der Waals surface area contributed by atoms with Crippen molar-refractivity contribution in [3.8, 4) is 0 Å². The Morgan fingerprint density at radius 1 is 1.38 bits per heavy atom. The second-order valence-electron chi connectivity index (χ2n) is 7.83. The molecule has 3 rings (SSSR count). The summed E-state index contributed by atoms with van der Waals surface area (Å²) in [4.78, 5) is 2.94. The topological polar surface area (TPSA) is 83.1 Å². The van der Waals surface area contributed by atoms with Crippen LogP contribution < -0.4 is 15.4 Å². The summed E-state index contributed by atoms with van der Waals surface area (Å²) in [6, 6.07) is 2.25. The number of hydrogen-bond acceptors (Lipinski definition) is 6. The van der Waals surface area contributed by atoms with Crippen molar-refractivity contribution < 1.29 is 17.2 Å². The van der Waals surface area contributed by atoms with E-state index < -0.39 is 25.9 Å². The van der Waals surface area contributed by atoms with Gasteiger partial charge in [-0.3, -0.25) is 4.72 Å². The van der Waals surface area contributed by atoms with E-state index in [0.717, 1.165) is 24.8 Å². The largest absolute Gasteiger partial charge is 0.382 e. The lowest BCUT2D eigenvalue weighted by Crippen LogP contribution is -2.33. The van der Waals surface area contributed by atoms with Crippen LogP contribution in [0.1, 0.15) is 26.7 Å². The molecule has 1 fully saturated rings. The van der Waals surface area contributed by atoms with Gasteiger partial charge in [0.2, 0.25) is 0 Å². The first-order chi connectivity index (χ1) is 13.5. The highest BCUT2D eigenvalue weighted by atomic mass is 35.5. The van der Waals surface area contributed by atoms with Gasteiger partial charge in [-0.2, -0.15) is 4.39 Å². The van der Waals surface area contributed by atoms with Crippen molar-refractivity contribution in [1.29, 1.82) is 0 Å². The van der Waals surface area contributed by atoms with Gasteiger partial charge in [-0.25, -0.2) is 17.8 Å². The van der Waals surface area contributed by atoms with Gasteiger partial charge in [0.25, 0.3) is 10.0 Å². The van der Waals surface area contributed by atoms with Crippen LogP contribution in [0.15, 0.2) is 23.2 Å². The summed E-state index contributed by atoms with van der Waals surface area (Å²) >= 11 is 6.69. The Bertz CT molecular complexity index is 998. The number of hydrogen-bond donors (Lipinski definition) is 3. The second-order valence-corrected chi connectivity index (χ2v) is 10.9. The Morgan fingerprint density at radius 3 is 2.62 bits per heavy atom. The molecular formula is C18H23ClF2N4O2S2. The molecular weight excluding hydrogens is 442 g/mol. The normalized spacial score (nSPS) is 19.0. The SMILES string of the molecule is CNC(CNc1cc(F)c(S(=O)(=O)Nc2ncc(F)s2)cc1Cl)CC1CC1(C)C. The van der Waals surface area contributed by atoms with Crippen LogP contribution >= 0.6 is 22.9 Å². The third kappa shape index (κ3) is 5.36. The van der Waals surface area contributed by atoms with Crippen molar-refractivity contribution in [2.45, 2.75) is 37.6 Å². The molecule has 1 aliphatic carbocycles. The Labute approximate surface area is 178 Å². The monoisotopic (exact) mass is 464 g/mol. The Balaban J connectivity index is 1.70. The lowest BCUT2D eigenvalue weighted by atomic mass is 10.0. The van der Waals surface area contributed by atoms with Crippen molar-refractivity contribution in [2.75, 3.05) is 23.6 Å². The molecule has 0 amide bonds. The quantitative estimate of drug-likeness (QED) is 0.515. The number of rotatable bonds is 9. The van der Waals surface area contributed by atoms with Gasteiger partial charge in [-0.15, -0.1) is 0 Å². The van der Waals surface area contributed by atoms with Gasteiger partial charge >= 0.3 is 0 Å². The van der Waals surface area contributed by atoms with Gasteiger partial charge < -0.3 is 10.6 Å². The molecule has 2 atom stereocenters. The van der Waals surface area contributed by atoms with Crippen molar-refractivity contribution in [3.05, 3.63) is 34.3 Å². The van der Waals surface area contributed by atoms with E-state index in [0.29, 0.717) is 34.9 Å². The van der Waals surface area contributed by atoms with Gasteiger partial charge in [-0.05, 0) is 43.4 Å². The van der Waals surface area contributed by atoms with Crippen LogP contribution in [0.2, 0.25) is 5.02 Å². The Morgan fingerprint density at radius 2 is 2.07 bits per heavy atom. The van der Waals surface area contributed by atoms with Crippen LogP contribution in [0, 0.1) is 22.3 Å². The van der Waals surface area contributed by atoms with Crippen molar-refractivity contribution in [2.24, 2.45) is 11.3 Å². The molecule has 160 valence electrons. The number of aromatic nitrogens is 1. The zero-order valence-electron chi connectivity index (χ0n) is 16.2. The summed E-state index contributed by atoms with van der Waals surface area (Å²) in [6.45, 7) is 4.99. The maximum absolute atomic E-state index is 14.5. The molecule has 3 N–H and O–H groups in total. The highest BCUT2D eigenvalue weighted by Gasteiger charge is 2.45. The number of likely N-dealkylation sites (N-methyl/N-ethyl adjacent to an activating group) is 1. The molecule has 0 saturated heterocycles. The van der Waals surface area contributed by atoms with Crippen LogP contribution in [-0.4, -0.2) is 33.0 Å². The van der Waals surface area contributed by atoms with E-state index in [1.165, 1.54) is 6.42 Å². The van der Waals surface area contributed by atoms with Crippen molar-refractivity contribution in [1.82, 2.24) is 10.3 Å². The molecule has 1 aromatic heterocycles. The van der Waals surface area contributed by atoms with E-state index in [9.17, 15) is 17.2 Å². The molecule has 1 aliphatic rings. The maximum Gasteiger partial charge on any atom is 0.266 e. The fraction of sp³-hybridized carbons (Fsp3) is 0.500.